The molecule has 2 saturated heterocycles. The van der Waals surface area contributed by atoms with Crippen LogP contribution < -0.4 is 10.6 Å². The topological polar surface area (TPSA) is 70.7 Å². The molecule has 2 heterocycles. The molecular formula is C15H27N3O3. The maximum atomic E-state index is 12.5. The number of methoxy groups -OCH3 is 1. The van der Waals surface area contributed by atoms with E-state index in [1.54, 1.807) is 14.0 Å². The molecule has 2 N–H and O–H groups in total. The number of carbonyl (C=O) groups is 2. The van der Waals surface area contributed by atoms with Crippen molar-refractivity contribution in [1.29, 1.82) is 0 Å². The lowest BCUT2D eigenvalue weighted by Gasteiger charge is -2.36. The third-order valence-electron chi connectivity index (χ3n) is 4.60. The fourth-order valence-corrected chi connectivity index (χ4v) is 3.13. The van der Waals surface area contributed by atoms with E-state index in [0.717, 1.165) is 39.0 Å². The Balaban J connectivity index is 1.92. The second-order valence-corrected chi connectivity index (χ2v) is 6.03. The van der Waals surface area contributed by atoms with Gasteiger partial charge in [0.15, 0.2) is 0 Å². The van der Waals surface area contributed by atoms with Crippen molar-refractivity contribution in [3.8, 4) is 0 Å². The molecule has 0 aromatic rings. The fourth-order valence-electron chi connectivity index (χ4n) is 3.13. The van der Waals surface area contributed by atoms with Gasteiger partial charge in [-0.3, -0.25) is 9.59 Å². The molecule has 0 saturated carbocycles. The Hall–Kier alpha value is -1.14. The average Bonchev–Trinajstić information content (AvgIpc) is 2.55. The highest BCUT2D eigenvalue weighted by Gasteiger charge is 2.41. The molecule has 2 aliphatic heterocycles. The van der Waals surface area contributed by atoms with E-state index >= 15 is 0 Å². The van der Waals surface area contributed by atoms with Crippen LogP contribution in [0.2, 0.25) is 0 Å². The largest absolute Gasteiger partial charge is 0.368 e. The van der Waals surface area contributed by atoms with Crippen LogP contribution in [-0.4, -0.2) is 61.6 Å². The highest BCUT2D eigenvalue weighted by atomic mass is 16.5. The summed E-state index contributed by atoms with van der Waals surface area (Å²) in [6.07, 6.45) is 4.57. The van der Waals surface area contributed by atoms with Gasteiger partial charge in [-0.15, -0.1) is 0 Å². The van der Waals surface area contributed by atoms with E-state index in [-0.39, 0.29) is 11.8 Å². The Kier molecular flexibility index (Phi) is 5.58. The van der Waals surface area contributed by atoms with Crippen LogP contribution in [0.5, 0.6) is 0 Å². The smallest absolute Gasteiger partial charge is 0.252 e. The molecule has 0 aromatic carbocycles. The first-order valence-electron chi connectivity index (χ1n) is 7.95. The van der Waals surface area contributed by atoms with E-state index in [4.69, 9.17) is 4.74 Å². The summed E-state index contributed by atoms with van der Waals surface area (Å²) in [7, 11) is 1.57. The zero-order valence-electron chi connectivity index (χ0n) is 13.1. The minimum Gasteiger partial charge on any atom is -0.368 e. The number of ether oxygens (including phenoxy) is 1. The van der Waals surface area contributed by atoms with Gasteiger partial charge in [-0.2, -0.15) is 0 Å². The molecule has 2 fully saturated rings. The normalized spacial score (nSPS) is 23.4. The summed E-state index contributed by atoms with van der Waals surface area (Å²) in [5.41, 5.74) is -0.790. The third kappa shape index (κ3) is 3.74. The maximum Gasteiger partial charge on any atom is 0.252 e. The molecule has 0 aromatic heterocycles. The summed E-state index contributed by atoms with van der Waals surface area (Å²) in [5.74, 6) is -0.146. The second kappa shape index (κ2) is 7.22. The highest BCUT2D eigenvalue weighted by Crippen LogP contribution is 2.23. The molecule has 120 valence electrons. The van der Waals surface area contributed by atoms with Crippen molar-refractivity contribution in [3.63, 3.8) is 0 Å². The van der Waals surface area contributed by atoms with Gasteiger partial charge in [0, 0.05) is 20.2 Å². The van der Waals surface area contributed by atoms with E-state index < -0.39 is 11.6 Å². The quantitative estimate of drug-likeness (QED) is 0.781. The van der Waals surface area contributed by atoms with Crippen LogP contribution in [-0.2, 0) is 14.3 Å². The van der Waals surface area contributed by atoms with Crippen LogP contribution in [0.25, 0.3) is 0 Å². The van der Waals surface area contributed by atoms with Crippen molar-refractivity contribution >= 4 is 11.8 Å². The van der Waals surface area contributed by atoms with Gasteiger partial charge in [-0.05, 0) is 52.1 Å². The number of nitrogens with zero attached hydrogens (tertiary/aromatic N) is 1. The monoisotopic (exact) mass is 297 g/mol. The first-order valence-corrected chi connectivity index (χ1v) is 7.95. The molecule has 0 aliphatic carbocycles. The first kappa shape index (κ1) is 16.2. The molecule has 0 bridgehead atoms. The average molecular weight is 297 g/mol. The van der Waals surface area contributed by atoms with Crippen molar-refractivity contribution in [1.82, 2.24) is 15.5 Å². The molecule has 1 atom stereocenters. The highest BCUT2D eigenvalue weighted by molar-refractivity contribution is 5.91. The molecule has 2 aliphatic rings. The Morgan fingerprint density at radius 2 is 1.81 bits per heavy atom. The number of carbonyl (C=O) groups excluding carboxylic acids is 2. The number of amides is 2. The van der Waals surface area contributed by atoms with Crippen LogP contribution in [0.1, 0.15) is 39.0 Å². The number of hydrogen-bond acceptors (Lipinski definition) is 4. The standard InChI is InChI=1S/C15H27N3O3/c1-12(13(19)18-10-4-3-5-11-18)17-14(20)15(21-2)6-8-16-9-7-15/h12,16H,3-11H2,1-2H3,(H,17,20). The fraction of sp³-hybridized carbons (Fsp3) is 0.867. The van der Waals surface area contributed by atoms with E-state index in [9.17, 15) is 9.59 Å². The Morgan fingerprint density at radius 1 is 1.19 bits per heavy atom. The molecule has 6 heteroatoms. The summed E-state index contributed by atoms with van der Waals surface area (Å²) in [5, 5.41) is 6.08. The summed E-state index contributed by atoms with van der Waals surface area (Å²) < 4.78 is 5.49. The molecule has 21 heavy (non-hydrogen) atoms. The van der Waals surface area contributed by atoms with Crippen LogP contribution in [0.15, 0.2) is 0 Å². The lowest BCUT2D eigenvalue weighted by molar-refractivity contribution is -0.150. The number of hydrogen-bond donors (Lipinski definition) is 2. The van der Waals surface area contributed by atoms with Gasteiger partial charge in [-0.25, -0.2) is 0 Å². The van der Waals surface area contributed by atoms with Gasteiger partial charge in [0.05, 0.1) is 0 Å². The number of likely N-dealkylation sites (tertiary alicyclic amines) is 1. The zero-order valence-corrected chi connectivity index (χ0v) is 13.1. The minimum absolute atomic E-state index is 0.0169. The van der Waals surface area contributed by atoms with Gasteiger partial charge in [0.2, 0.25) is 5.91 Å². The molecule has 1 unspecified atom stereocenters. The van der Waals surface area contributed by atoms with Crippen LogP contribution >= 0.6 is 0 Å². The number of rotatable bonds is 4. The summed E-state index contributed by atoms with van der Waals surface area (Å²) >= 11 is 0. The summed E-state index contributed by atoms with van der Waals surface area (Å²) in [6.45, 7) is 4.89. The lowest BCUT2D eigenvalue weighted by Crippen LogP contribution is -2.58. The zero-order chi connectivity index (χ0) is 15.3. The van der Waals surface area contributed by atoms with Gasteiger partial charge >= 0.3 is 0 Å². The Morgan fingerprint density at radius 3 is 2.38 bits per heavy atom. The van der Waals surface area contributed by atoms with E-state index in [1.807, 2.05) is 4.90 Å². The second-order valence-electron chi connectivity index (χ2n) is 6.03. The number of piperidine rings is 2. The van der Waals surface area contributed by atoms with E-state index in [1.165, 1.54) is 6.42 Å². The molecule has 2 rings (SSSR count). The van der Waals surface area contributed by atoms with Crippen LogP contribution in [0.4, 0.5) is 0 Å². The maximum absolute atomic E-state index is 12.5. The lowest BCUT2D eigenvalue weighted by atomic mass is 9.91. The predicted molar refractivity (Wildman–Crippen MR) is 79.9 cm³/mol. The van der Waals surface area contributed by atoms with Gasteiger partial charge in [0.25, 0.3) is 5.91 Å². The summed E-state index contributed by atoms with van der Waals surface area (Å²) in [4.78, 5) is 26.7. The first-order chi connectivity index (χ1) is 10.1. The molecule has 0 spiro atoms. The van der Waals surface area contributed by atoms with Gasteiger partial charge in [-0.1, -0.05) is 0 Å². The molecule has 0 radical (unpaired) electrons. The molecular weight excluding hydrogens is 270 g/mol. The summed E-state index contributed by atoms with van der Waals surface area (Å²) in [6, 6.07) is -0.488. The van der Waals surface area contributed by atoms with Crippen LogP contribution in [0.3, 0.4) is 0 Å². The molecule has 6 nitrogen and oxygen atoms in total. The predicted octanol–water partition coefficient (Wildman–Crippen LogP) is 0.272. The van der Waals surface area contributed by atoms with Crippen molar-refractivity contribution in [2.24, 2.45) is 0 Å². The molecule has 2 amide bonds. The van der Waals surface area contributed by atoms with Crippen molar-refractivity contribution in [3.05, 3.63) is 0 Å². The van der Waals surface area contributed by atoms with E-state index in [2.05, 4.69) is 10.6 Å². The number of nitrogens with one attached hydrogen (secondary N) is 2. The SMILES string of the molecule is COC1(C(=O)NC(C)C(=O)N2CCCCC2)CCNCC1. The van der Waals surface area contributed by atoms with Crippen molar-refractivity contribution in [2.75, 3.05) is 33.3 Å². The minimum atomic E-state index is -0.790. The van der Waals surface area contributed by atoms with Crippen molar-refractivity contribution < 1.29 is 14.3 Å². The Bertz CT molecular complexity index is 374. The third-order valence-corrected chi connectivity index (χ3v) is 4.60. The van der Waals surface area contributed by atoms with E-state index in [0.29, 0.717) is 12.8 Å². The van der Waals surface area contributed by atoms with Gasteiger partial charge in [0.1, 0.15) is 11.6 Å². The van der Waals surface area contributed by atoms with Gasteiger partial charge < -0.3 is 20.3 Å². The van der Waals surface area contributed by atoms with Crippen molar-refractivity contribution in [2.45, 2.75) is 50.7 Å². The Labute approximate surface area is 126 Å². The van der Waals surface area contributed by atoms with Crippen LogP contribution in [0, 0.1) is 0 Å².